The number of aliphatic hydroxyl groups is 1. The molecule has 7 heteroatoms. The van der Waals surface area contributed by atoms with Crippen LogP contribution >= 0.6 is 11.3 Å². The number of benzene rings is 2. The molecule has 31 heavy (non-hydrogen) atoms. The van der Waals surface area contributed by atoms with Crippen molar-refractivity contribution in [1.29, 1.82) is 0 Å². The Morgan fingerprint density at radius 1 is 1.03 bits per heavy atom. The zero-order valence-corrected chi connectivity index (χ0v) is 17.9. The number of hydrogen-bond donors (Lipinski definition) is 1. The van der Waals surface area contributed by atoms with Crippen molar-refractivity contribution in [2.45, 2.75) is 12.6 Å². The first-order chi connectivity index (χ1) is 15.0. The van der Waals surface area contributed by atoms with Gasteiger partial charge in [0, 0.05) is 10.9 Å². The molecule has 3 aromatic rings. The summed E-state index contributed by atoms with van der Waals surface area (Å²) >= 11 is 1.51. The maximum atomic E-state index is 13.1. The number of methoxy groups -OCH3 is 2. The van der Waals surface area contributed by atoms with E-state index >= 15 is 0 Å². The van der Waals surface area contributed by atoms with E-state index in [4.69, 9.17) is 9.47 Å². The van der Waals surface area contributed by atoms with E-state index < -0.39 is 17.7 Å². The van der Waals surface area contributed by atoms with E-state index in [9.17, 15) is 14.7 Å². The average molecular weight is 436 g/mol. The number of ether oxygens (including phenoxy) is 2. The lowest BCUT2D eigenvalue weighted by Gasteiger charge is -2.25. The molecule has 0 spiro atoms. The Morgan fingerprint density at radius 3 is 2.45 bits per heavy atom. The van der Waals surface area contributed by atoms with Crippen LogP contribution < -0.4 is 9.47 Å². The molecule has 1 aliphatic heterocycles. The fraction of sp³-hybridized carbons (Fsp3) is 0.167. The Kier molecular flexibility index (Phi) is 5.77. The van der Waals surface area contributed by atoms with Crippen molar-refractivity contribution < 1.29 is 24.2 Å². The Balaban J connectivity index is 1.88. The van der Waals surface area contributed by atoms with Gasteiger partial charge in [-0.1, -0.05) is 36.4 Å². The predicted octanol–water partition coefficient (Wildman–Crippen LogP) is 4.39. The van der Waals surface area contributed by atoms with Crippen molar-refractivity contribution in [1.82, 2.24) is 4.90 Å². The highest BCUT2D eigenvalue weighted by molar-refractivity contribution is 7.09. The number of aliphatic hydroxyl groups excluding tert-OH is 1. The zero-order valence-electron chi connectivity index (χ0n) is 17.1. The number of hydrogen-bond acceptors (Lipinski definition) is 6. The Bertz CT molecular complexity index is 1140. The van der Waals surface area contributed by atoms with Crippen LogP contribution in [-0.4, -0.2) is 35.9 Å². The summed E-state index contributed by atoms with van der Waals surface area (Å²) in [6.45, 7) is 0.276. The quantitative estimate of drug-likeness (QED) is 0.353. The van der Waals surface area contributed by atoms with Crippen molar-refractivity contribution >= 4 is 28.8 Å². The topological polar surface area (TPSA) is 76.1 Å². The molecule has 2 heterocycles. The van der Waals surface area contributed by atoms with E-state index in [1.807, 2.05) is 47.8 Å². The highest BCUT2D eigenvalue weighted by Gasteiger charge is 2.46. The summed E-state index contributed by atoms with van der Waals surface area (Å²) in [4.78, 5) is 28.5. The standard InChI is InChI=1S/C24H21NO5S/c1-29-16-10-11-18(19(13-16)30-2)22(26)20-21(15-7-4-3-5-8-15)25(24(28)23(20)27)14-17-9-6-12-31-17/h3-13,21,26H,14H2,1-2H3/b22-20-. The molecular weight excluding hydrogens is 414 g/mol. The minimum Gasteiger partial charge on any atom is -0.507 e. The van der Waals surface area contributed by atoms with Crippen LogP contribution in [0.2, 0.25) is 0 Å². The van der Waals surface area contributed by atoms with Crippen LogP contribution in [0.3, 0.4) is 0 Å². The third-order valence-electron chi connectivity index (χ3n) is 5.23. The summed E-state index contributed by atoms with van der Waals surface area (Å²) in [6.07, 6.45) is 0. The van der Waals surface area contributed by atoms with Crippen LogP contribution in [0.4, 0.5) is 0 Å². The fourth-order valence-electron chi connectivity index (χ4n) is 3.73. The first-order valence-corrected chi connectivity index (χ1v) is 10.5. The molecule has 1 aromatic heterocycles. The normalized spacial score (nSPS) is 17.7. The van der Waals surface area contributed by atoms with E-state index in [1.165, 1.54) is 30.5 Å². The minimum atomic E-state index is -0.721. The van der Waals surface area contributed by atoms with Crippen molar-refractivity contribution in [2.75, 3.05) is 14.2 Å². The molecule has 0 radical (unpaired) electrons. The van der Waals surface area contributed by atoms with E-state index in [1.54, 1.807) is 18.2 Å². The van der Waals surface area contributed by atoms with Crippen LogP contribution in [0.1, 0.15) is 22.0 Å². The smallest absolute Gasteiger partial charge is 0.295 e. The van der Waals surface area contributed by atoms with E-state index in [0.717, 1.165) is 10.4 Å². The molecule has 4 rings (SSSR count). The van der Waals surface area contributed by atoms with Gasteiger partial charge in [0.15, 0.2) is 0 Å². The molecule has 1 amide bonds. The maximum absolute atomic E-state index is 13.1. The van der Waals surface area contributed by atoms with E-state index in [0.29, 0.717) is 17.1 Å². The maximum Gasteiger partial charge on any atom is 0.295 e. The predicted molar refractivity (Wildman–Crippen MR) is 118 cm³/mol. The molecule has 0 saturated carbocycles. The van der Waals surface area contributed by atoms with Gasteiger partial charge >= 0.3 is 0 Å². The number of amides is 1. The van der Waals surface area contributed by atoms with Crippen LogP contribution in [0, 0.1) is 0 Å². The number of carbonyl (C=O) groups excluding carboxylic acids is 2. The fourth-order valence-corrected chi connectivity index (χ4v) is 4.44. The molecule has 2 aromatic carbocycles. The number of carbonyl (C=O) groups is 2. The van der Waals surface area contributed by atoms with Crippen molar-refractivity contribution in [3.05, 3.63) is 87.6 Å². The van der Waals surface area contributed by atoms with Crippen molar-refractivity contribution in [2.24, 2.45) is 0 Å². The van der Waals surface area contributed by atoms with Gasteiger partial charge in [0.2, 0.25) is 0 Å². The highest BCUT2D eigenvalue weighted by Crippen LogP contribution is 2.42. The number of ketones is 1. The lowest BCUT2D eigenvalue weighted by Crippen LogP contribution is -2.28. The van der Waals surface area contributed by atoms with Crippen LogP contribution in [0.25, 0.3) is 5.76 Å². The van der Waals surface area contributed by atoms with Crippen LogP contribution in [-0.2, 0) is 16.1 Å². The van der Waals surface area contributed by atoms with Gasteiger partial charge in [0.05, 0.1) is 37.9 Å². The number of Topliss-reactive ketones (excluding diaryl/α,β-unsaturated/α-hetero) is 1. The molecule has 158 valence electrons. The summed E-state index contributed by atoms with van der Waals surface area (Å²) in [5.74, 6) is -0.753. The summed E-state index contributed by atoms with van der Waals surface area (Å²) in [5.41, 5.74) is 1.10. The van der Waals surface area contributed by atoms with Gasteiger partial charge in [0.1, 0.15) is 17.3 Å². The number of likely N-dealkylation sites (tertiary alicyclic amines) is 1. The highest BCUT2D eigenvalue weighted by atomic mass is 32.1. The SMILES string of the molecule is COc1ccc(/C(O)=C2/C(=O)C(=O)N(Cc3cccs3)C2c2ccccc2)c(OC)c1. The lowest BCUT2D eigenvalue weighted by atomic mass is 9.95. The molecule has 1 unspecified atom stereocenters. The van der Waals surface area contributed by atoms with Gasteiger partial charge in [-0.3, -0.25) is 9.59 Å². The van der Waals surface area contributed by atoms with Crippen molar-refractivity contribution in [3.63, 3.8) is 0 Å². The number of nitrogens with zero attached hydrogens (tertiary/aromatic N) is 1. The summed E-state index contributed by atoms with van der Waals surface area (Å²) in [7, 11) is 3.00. The molecule has 1 aliphatic rings. The number of thiophene rings is 1. The Hall–Kier alpha value is -3.58. The van der Waals surface area contributed by atoms with E-state index in [-0.39, 0.29) is 17.9 Å². The molecule has 1 atom stereocenters. The molecule has 0 bridgehead atoms. The summed E-state index contributed by atoms with van der Waals surface area (Å²) in [5, 5.41) is 13.1. The minimum absolute atomic E-state index is 0.0382. The first-order valence-electron chi connectivity index (χ1n) is 9.63. The second kappa shape index (κ2) is 8.65. The zero-order chi connectivity index (χ0) is 22.0. The van der Waals surface area contributed by atoms with Gasteiger partial charge in [-0.05, 0) is 29.1 Å². The second-order valence-electron chi connectivity index (χ2n) is 6.98. The monoisotopic (exact) mass is 435 g/mol. The Morgan fingerprint density at radius 2 is 1.81 bits per heavy atom. The van der Waals surface area contributed by atoms with Gasteiger partial charge < -0.3 is 19.5 Å². The lowest BCUT2D eigenvalue weighted by molar-refractivity contribution is -0.140. The summed E-state index contributed by atoms with van der Waals surface area (Å²) < 4.78 is 10.6. The van der Waals surface area contributed by atoms with Gasteiger partial charge in [-0.2, -0.15) is 0 Å². The number of rotatable bonds is 6. The van der Waals surface area contributed by atoms with Crippen LogP contribution in [0.5, 0.6) is 11.5 Å². The third-order valence-corrected chi connectivity index (χ3v) is 6.09. The summed E-state index contributed by atoms with van der Waals surface area (Å²) in [6, 6.07) is 17.2. The van der Waals surface area contributed by atoms with Gasteiger partial charge in [0.25, 0.3) is 11.7 Å². The second-order valence-corrected chi connectivity index (χ2v) is 8.02. The largest absolute Gasteiger partial charge is 0.507 e. The molecule has 1 saturated heterocycles. The van der Waals surface area contributed by atoms with E-state index in [2.05, 4.69) is 0 Å². The third kappa shape index (κ3) is 3.80. The molecule has 1 N–H and O–H groups in total. The first kappa shape index (κ1) is 20.7. The molecule has 6 nitrogen and oxygen atoms in total. The van der Waals surface area contributed by atoms with Gasteiger partial charge in [-0.15, -0.1) is 11.3 Å². The van der Waals surface area contributed by atoms with Crippen LogP contribution in [0.15, 0.2) is 71.6 Å². The van der Waals surface area contributed by atoms with Gasteiger partial charge in [-0.25, -0.2) is 0 Å². The molecular formula is C24H21NO5S. The molecule has 0 aliphatic carbocycles. The van der Waals surface area contributed by atoms with Crippen molar-refractivity contribution in [3.8, 4) is 11.5 Å². The average Bonchev–Trinajstić information content (AvgIpc) is 3.41. The Labute approximate surface area is 184 Å². The molecule has 1 fully saturated rings.